The monoisotopic (exact) mass is 722 g/mol. The van der Waals surface area contributed by atoms with Crippen LogP contribution < -0.4 is 10.2 Å². The minimum atomic E-state index is -1.09. The summed E-state index contributed by atoms with van der Waals surface area (Å²) in [6.45, 7) is 12.5. The predicted molar refractivity (Wildman–Crippen MR) is 194 cm³/mol. The van der Waals surface area contributed by atoms with Gasteiger partial charge >= 0.3 is 6.09 Å². The standard InChI is InChI=1S/C38H47ClN4O6S/c1-37(2,3)49-36(46)42-18-16-41(17-19-42)28-12-8-11-27(22-28)31-14-9-15-43(31)35(45)33-32(47-38(4,5)48-33)34(44)40-23-29-21-25(24-50-29)20-26-10-6-7-13-30(26)39/h6-8,10-13,21-22,24,31-33H,9,14-20,23H2,1-5H3,(H,40,44)/t31?,32-,33-/m1/s1. The van der Waals surface area contributed by atoms with Crippen LogP contribution in [0.5, 0.6) is 0 Å². The molecule has 0 aliphatic carbocycles. The lowest BCUT2D eigenvalue weighted by Crippen LogP contribution is -2.50. The van der Waals surface area contributed by atoms with Crippen molar-refractivity contribution in [1.29, 1.82) is 0 Å². The molecule has 10 nitrogen and oxygen atoms in total. The Balaban J connectivity index is 1.08. The molecule has 3 fully saturated rings. The summed E-state index contributed by atoms with van der Waals surface area (Å²) in [4.78, 5) is 47.1. The van der Waals surface area contributed by atoms with Crippen molar-refractivity contribution in [2.24, 2.45) is 0 Å². The third-order valence-corrected chi connectivity index (χ3v) is 10.5. The summed E-state index contributed by atoms with van der Waals surface area (Å²) in [5.74, 6) is -1.71. The lowest BCUT2D eigenvalue weighted by Gasteiger charge is -2.37. The zero-order valence-corrected chi connectivity index (χ0v) is 31.0. The number of carbonyl (C=O) groups excluding carboxylic acids is 3. The number of carbonyl (C=O) groups is 3. The fourth-order valence-corrected chi connectivity index (χ4v) is 7.86. The second-order valence-electron chi connectivity index (χ2n) is 14.6. The van der Waals surface area contributed by atoms with Gasteiger partial charge < -0.3 is 34.2 Å². The fourth-order valence-electron chi connectivity index (χ4n) is 6.82. The van der Waals surface area contributed by atoms with Crippen molar-refractivity contribution in [1.82, 2.24) is 15.1 Å². The molecule has 268 valence electrons. The van der Waals surface area contributed by atoms with Crippen LogP contribution in [0.15, 0.2) is 60.0 Å². The van der Waals surface area contributed by atoms with Crippen molar-refractivity contribution in [3.05, 3.63) is 86.6 Å². The Morgan fingerprint density at radius 3 is 2.46 bits per heavy atom. The Morgan fingerprint density at radius 2 is 1.72 bits per heavy atom. The van der Waals surface area contributed by atoms with Gasteiger partial charge in [0.1, 0.15) is 5.60 Å². The van der Waals surface area contributed by atoms with Crippen LogP contribution in [-0.4, -0.2) is 84.0 Å². The van der Waals surface area contributed by atoms with E-state index in [1.54, 1.807) is 30.1 Å². The summed E-state index contributed by atoms with van der Waals surface area (Å²) < 4.78 is 17.7. The molecule has 4 heterocycles. The molecule has 3 saturated heterocycles. The smallest absolute Gasteiger partial charge is 0.410 e. The van der Waals surface area contributed by atoms with Crippen molar-refractivity contribution in [3.63, 3.8) is 0 Å². The summed E-state index contributed by atoms with van der Waals surface area (Å²) in [5, 5.41) is 5.78. The summed E-state index contributed by atoms with van der Waals surface area (Å²) in [5.41, 5.74) is 3.72. The first-order valence-corrected chi connectivity index (χ1v) is 18.6. The molecular formula is C38H47ClN4O6S. The van der Waals surface area contributed by atoms with Gasteiger partial charge in [-0.15, -0.1) is 11.3 Å². The van der Waals surface area contributed by atoms with Crippen molar-refractivity contribution >= 4 is 46.5 Å². The van der Waals surface area contributed by atoms with Gasteiger partial charge in [0.15, 0.2) is 18.0 Å². The maximum absolute atomic E-state index is 14.2. The molecular weight excluding hydrogens is 676 g/mol. The lowest BCUT2D eigenvalue weighted by atomic mass is 10.0. The number of nitrogens with one attached hydrogen (secondary N) is 1. The maximum atomic E-state index is 14.2. The highest BCUT2D eigenvalue weighted by atomic mass is 35.5. The van der Waals surface area contributed by atoms with Gasteiger partial charge in [0, 0.05) is 48.3 Å². The quantitative estimate of drug-likeness (QED) is 0.282. The Labute approximate surface area is 303 Å². The van der Waals surface area contributed by atoms with Crippen LogP contribution in [-0.2, 0) is 36.8 Å². The number of likely N-dealkylation sites (tertiary alicyclic amines) is 1. The Kier molecular flexibility index (Phi) is 10.8. The molecule has 3 atom stereocenters. The predicted octanol–water partition coefficient (Wildman–Crippen LogP) is 6.55. The van der Waals surface area contributed by atoms with Crippen LogP contribution in [0.4, 0.5) is 10.5 Å². The molecule has 1 unspecified atom stereocenters. The molecule has 0 spiro atoms. The zero-order valence-electron chi connectivity index (χ0n) is 29.4. The van der Waals surface area contributed by atoms with Gasteiger partial charge in [0.05, 0.1) is 12.6 Å². The van der Waals surface area contributed by atoms with Gasteiger partial charge in [-0.25, -0.2) is 4.79 Å². The number of amides is 3. The molecule has 3 aliphatic rings. The van der Waals surface area contributed by atoms with E-state index in [0.717, 1.165) is 45.1 Å². The largest absolute Gasteiger partial charge is 0.444 e. The first-order chi connectivity index (χ1) is 23.8. The van der Waals surface area contributed by atoms with Gasteiger partial charge in [-0.05, 0) is 100 Å². The minimum absolute atomic E-state index is 0.149. The van der Waals surface area contributed by atoms with Crippen LogP contribution >= 0.6 is 22.9 Å². The number of rotatable bonds is 8. The number of benzene rings is 2. The van der Waals surface area contributed by atoms with Crippen LogP contribution in [0.25, 0.3) is 0 Å². The van der Waals surface area contributed by atoms with Crippen LogP contribution in [0, 0.1) is 0 Å². The SMILES string of the molecule is CC(C)(C)OC(=O)N1CCN(c2cccc(C3CCCN3C(=O)[C@@H]3OC(C)(C)O[C@H]3C(=O)NCc3cc(Cc4ccccc4Cl)cs3)c2)CC1. The number of piperazine rings is 1. The number of anilines is 1. The minimum Gasteiger partial charge on any atom is -0.444 e. The van der Waals surface area contributed by atoms with E-state index in [-0.39, 0.29) is 23.9 Å². The molecule has 0 saturated carbocycles. The molecule has 1 N–H and O–H groups in total. The zero-order chi connectivity index (χ0) is 35.6. The van der Waals surface area contributed by atoms with Crippen LogP contribution in [0.2, 0.25) is 5.02 Å². The topological polar surface area (TPSA) is 101 Å². The Morgan fingerprint density at radius 1 is 0.980 bits per heavy atom. The first-order valence-electron chi connectivity index (χ1n) is 17.3. The Bertz CT molecular complexity index is 1700. The van der Waals surface area contributed by atoms with E-state index in [1.807, 2.05) is 56.0 Å². The average molecular weight is 723 g/mol. The molecule has 12 heteroatoms. The summed E-state index contributed by atoms with van der Waals surface area (Å²) in [7, 11) is 0. The molecule has 2 aromatic carbocycles. The number of halogens is 1. The second kappa shape index (κ2) is 14.9. The van der Waals surface area contributed by atoms with Crippen molar-refractivity contribution in [3.8, 4) is 0 Å². The number of nitrogens with zero attached hydrogens (tertiary/aromatic N) is 3. The van der Waals surface area contributed by atoms with Crippen molar-refractivity contribution in [2.75, 3.05) is 37.6 Å². The number of hydrogen-bond donors (Lipinski definition) is 1. The van der Waals surface area contributed by atoms with E-state index in [0.29, 0.717) is 45.7 Å². The lowest BCUT2D eigenvalue weighted by molar-refractivity contribution is -0.163. The number of hydrogen-bond acceptors (Lipinski definition) is 8. The molecule has 0 bridgehead atoms. The van der Waals surface area contributed by atoms with E-state index >= 15 is 0 Å². The molecule has 3 aliphatic heterocycles. The van der Waals surface area contributed by atoms with Gasteiger partial charge in [0.25, 0.3) is 11.8 Å². The normalized spacial score (nSPS) is 22.1. The summed E-state index contributed by atoms with van der Waals surface area (Å²) in [6.07, 6.45) is -0.0613. The number of ether oxygens (including phenoxy) is 3. The van der Waals surface area contributed by atoms with Crippen LogP contribution in [0.1, 0.15) is 75.1 Å². The van der Waals surface area contributed by atoms with E-state index in [4.69, 9.17) is 25.8 Å². The van der Waals surface area contributed by atoms with E-state index < -0.39 is 23.6 Å². The van der Waals surface area contributed by atoms with Crippen molar-refractivity contribution < 1.29 is 28.6 Å². The van der Waals surface area contributed by atoms with Gasteiger partial charge in [-0.1, -0.05) is 41.9 Å². The summed E-state index contributed by atoms with van der Waals surface area (Å²) in [6, 6.07) is 18.0. The van der Waals surface area contributed by atoms with E-state index in [2.05, 4.69) is 39.9 Å². The van der Waals surface area contributed by atoms with E-state index in [1.165, 1.54) is 0 Å². The first kappa shape index (κ1) is 36.2. The molecule has 6 rings (SSSR count). The molecule has 50 heavy (non-hydrogen) atoms. The molecule has 3 amide bonds. The van der Waals surface area contributed by atoms with Crippen LogP contribution in [0.3, 0.4) is 0 Å². The molecule has 0 radical (unpaired) electrons. The highest BCUT2D eigenvalue weighted by molar-refractivity contribution is 7.10. The van der Waals surface area contributed by atoms with E-state index in [9.17, 15) is 14.4 Å². The molecule has 3 aromatic rings. The fraction of sp³-hybridized carbons (Fsp3) is 0.500. The average Bonchev–Trinajstić information content (AvgIpc) is 3.82. The maximum Gasteiger partial charge on any atom is 0.410 e. The van der Waals surface area contributed by atoms with Gasteiger partial charge in [-0.3, -0.25) is 9.59 Å². The number of thiophene rings is 1. The van der Waals surface area contributed by atoms with Crippen molar-refractivity contribution in [2.45, 2.75) is 90.1 Å². The van der Waals surface area contributed by atoms with Gasteiger partial charge in [0.2, 0.25) is 0 Å². The highest BCUT2D eigenvalue weighted by Crippen LogP contribution is 2.37. The third-order valence-electron chi connectivity index (χ3n) is 9.18. The molecule has 1 aromatic heterocycles. The Hall–Kier alpha value is -3.64. The second-order valence-corrected chi connectivity index (χ2v) is 16.0. The summed E-state index contributed by atoms with van der Waals surface area (Å²) >= 11 is 7.92. The third kappa shape index (κ3) is 8.62. The highest BCUT2D eigenvalue weighted by Gasteiger charge is 2.51. The van der Waals surface area contributed by atoms with Gasteiger partial charge in [-0.2, -0.15) is 0 Å².